The number of rotatable bonds is 7. The number of carbonyl (C=O) groups excluding carboxylic acids is 2. The lowest BCUT2D eigenvalue weighted by Gasteiger charge is -2.30. The fourth-order valence-electron chi connectivity index (χ4n) is 4.64. The summed E-state index contributed by atoms with van der Waals surface area (Å²) >= 11 is 5.99. The van der Waals surface area contributed by atoms with Gasteiger partial charge in [-0.3, -0.25) is 9.59 Å². The van der Waals surface area contributed by atoms with E-state index in [-0.39, 0.29) is 17.9 Å². The third-order valence-corrected chi connectivity index (χ3v) is 8.76. The van der Waals surface area contributed by atoms with Gasteiger partial charge in [0.15, 0.2) is 0 Å². The lowest BCUT2D eigenvalue weighted by atomic mass is 9.93. The maximum Gasteiger partial charge on any atom is 0.310 e. The number of aryl methyl sites for hydroxylation is 1. The molecular formula is C28H26ClN3O5S. The standard InChI is InChI=1S/C28H26ClN3O5S/c1-18-3-5-20(6-4-18)17-31-27(33)25-15-24(28(34)37-2)26(21-9-7-19(16-30)8-10-21)32(25)38(35,36)23-13-11-22(29)12-14-23/h3-14,24-26H,15,17H2,1-2H3,(H,31,33). The summed E-state index contributed by atoms with van der Waals surface area (Å²) in [7, 11) is -3.06. The van der Waals surface area contributed by atoms with E-state index in [4.69, 9.17) is 16.3 Å². The first-order valence-electron chi connectivity index (χ1n) is 11.9. The highest BCUT2D eigenvalue weighted by Gasteiger charge is 2.54. The molecule has 0 spiro atoms. The number of carbonyl (C=O) groups is 2. The van der Waals surface area contributed by atoms with E-state index in [9.17, 15) is 23.3 Å². The van der Waals surface area contributed by atoms with Crippen LogP contribution < -0.4 is 5.32 Å². The number of hydrogen-bond donors (Lipinski definition) is 1. The average Bonchev–Trinajstić information content (AvgIpc) is 3.34. The number of ether oxygens (including phenoxy) is 1. The van der Waals surface area contributed by atoms with Gasteiger partial charge in [0.25, 0.3) is 0 Å². The molecule has 0 saturated carbocycles. The minimum absolute atomic E-state index is 0.0672. The Morgan fingerprint density at radius 1 is 1.05 bits per heavy atom. The molecule has 196 valence electrons. The van der Waals surface area contributed by atoms with Gasteiger partial charge in [-0.1, -0.05) is 53.6 Å². The number of nitriles is 1. The van der Waals surface area contributed by atoms with Crippen LogP contribution in [-0.4, -0.2) is 37.8 Å². The van der Waals surface area contributed by atoms with Crippen LogP contribution in [-0.2, 0) is 30.9 Å². The molecule has 3 atom stereocenters. The number of nitrogens with zero attached hydrogens (tertiary/aromatic N) is 2. The van der Waals surface area contributed by atoms with Crippen molar-refractivity contribution in [2.75, 3.05) is 7.11 Å². The van der Waals surface area contributed by atoms with E-state index in [0.29, 0.717) is 16.1 Å². The van der Waals surface area contributed by atoms with Crippen molar-refractivity contribution in [2.24, 2.45) is 5.92 Å². The third kappa shape index (κ3) is 5.58. The number of hydrogen-bond acceptors (Lipinski definition) is 6. The van der Waals surface area contributed by atoms with Crippen molar-refractivity contribution in [3.63, 3.8) is 0 Å². The van der Waals surface area contributed by atoms with Crippen molar-refractivity contribution in [1.29, 1.82) is 5.26 Å². The smallest absolute Gasteiger partial charge is 0.310 e. The molecule has 1 aliphatic rings. The third-order valence-electron chi connectivity index (χ3n) is 6.60. The summed E-state index contributed by atoms with van der Waals surface area (Å²) in [6, 6.07) is 19.3. The maximum atomic E-state index is 14.0. The van der Waals surface area contributed by atoms with Crippen LogP contribution in [0.4, 0.5) is 0 Å². The van der Waals surface area contributed by atoms with E-state index >= 15 is 0 Å². The topological polar surface area (TPSA) is 117 Å². The molecule has 4 rings (SSSR count). The molecule has 38 heavy (non-hydrogen) atoms. The zero-order chi connectivity index (χ0) is 27.4. The van der Waals surface area contributed by atoms with Gasteiger partial charge < -0.3 is 10.1 Å². The van der Waals surface area contributed by atoms with Crippen molar-refractivity contribution in [3.8, 4) is 6.07 Å². The Labute approximate surface area is 226 Å². The zero-order valence-corrected chi connectivity index (χ0v) is 22.4. The normalized spacial score (nSPS) is 19.5. The van der Waals surface area contributed by atoms with Crippen LogP contribution in [0.25, 0.3) is 0 Å². The van der Waals surface area contributed by atoms with Gasteiger partial charge in [0.2, 0.25) is 15.9 Å². The van der Waals surface area contributed by atoms with Gasteiger partial charge in [-0.25, -0.2) is 8.42 Å². The summed E-state index contributed by atoms with van der Waals surface area (Å²) in [5, 5.41) is 12.4. The molecule has 3 aromatic rings. The van der Waals surface area contributed by atoms with Crippen LogP contribution in [0.15, 0.2) is 77.7 Å². The lowest BCUT2D eigenvalue weighted by Crippen LogP contribution is -2.46. The summed E-state index contributed by atoms with van der Waals surface area (Å²) in [4.78, 5) is 26.4. The van der Waals surface area contributed by atoms with Crippen molar-refractivity contribution >= 4 is 33.5 Å². The zero-order valence-electron chi connectivity index (χ0n) is 20.8. The Kier molecular flexibility index (Phi) is 8.17. The van der Waals surface area contributed by atoms with Crippen molar-refractivity contribution in [3.05, 3.63) is 100 Å². The van der Waals surface area contributed by atoms with Gasteiger partial charge in [-0.15, -0.1) is 0 Å². The van der Waals surface area contributed by atoms with Crippen LogP contribution in [0.2, 0.25) is 5.02 Å². The molecule has 8 nitrogen and oxygen atoms in total. The van der Waals surface area contributed by atoms with Crippen LogP contribution in [0.1, 0.15) is 34.7 Å². The fourth-order valence-corrected chi connectivity index (χ4v) is 6.57. The molecule has 1 fully saturated rings. The van der Waals surface area contributed by atoms with Crippen LogP contribution in [0.5, 0.6) is 0 Å². The molecule has 1 aliphatic heterocycles. The van der Waals surface area contributed by atoms with Crippen molar-refractivity contribution < 1.29 is 22.7 Å². The fraction of sp³-hybridized carbons (Fsp3) is 0.250. The predicted octanol–water partition coefficient (Wildman–Crippen LogP) is 4.13. The Morgan fingerprint density at radius 3 is 2.26 bits per heavy atom. The highest BCUT2D eigenvalue weighted by Crippen LogP contribution is 2.45. The molecule has 1 heterocycles. The Balaban J connectivity index is 1.78. The molecule has 3 unspecified atom stereocenters. The SMILES string of the molecule is COC(=O)C1CC(C(=O)NCc2ccc(C)cc2)N(S(=O)(=O)c2ccc(Cl)cc2)C1c1ccc(C#N)cc1. The number of nitrogens with one attached hydrogen (secondary N) is 1. The quantitative estimate of drug-likeness (QED) is 0.441. The molecular weight excluding hydrogens is 526 g/mol. The van der Waals surface area contributed by atoms with E-state index in [1.807, 2.05) is 37.3 Å². The molecule has 0 aliphatic carbocycles. The Hall–Kier alpha value is -3.71. The molecule has 0 aromatic heterocycles. The average molecular weight is 552 g/mol. The van der Waals surface area contributed by atoms with E-state index in [1.54, 1.807) is 24.3 Å². The number of benzene rings is 3. The number of sulfonamides is 1. The summed E-state index contributed by atoms with van der Waals surface area (Å²) in [6.07, 6.45) is -0.0795. The molecule has 1 N–H and O–H groups in total. The van der Waals surface area contributed by atoms with Gasteiger partial charge in [0.1, 0.15) is 6.04 Å². The summed E-state index contributed by atoms with van der Waals surface area (Å²) in [5.74, 6) is -2.12. The second kappa shape index (κ2) is 11.4. The van der Waals surface area contributed by atoms with Crippen LogP contribution in [0, 0.1) is 24.2 Å². The Bertz CT molecular complexity index is 1470. The van der Waals surface area contributed by atoms with Crippen LogP contribution in [0.3, 0.4) is 0 Å². The first-order chi connectivity index (χ1) is 18.1. The summed E-state index contributed by atoms with van der Waals surface area (Å²) < 4.78 is 34.2. The van der Waals surface area contributed by atoms with Crippen LogP contribution >= 0.6 is 11.6 Å². The van der Waals surface area contributed by atoms with E-state index < -0.39 is 39.9 Å². The first-order valence-corrected chi connectivity index (χ1v) is 13.7. The summed E-state index contributed by atoms with van der Waals surface area (Å²) in [6.45, 7) is 2.14. The first kappa shape index (κ1) is 27.3. The maximum absolute atomic E-state index is 14.0. The predicted molar refractivity (Wildman–Crippen MR) is 141 cm³/mol. The Morgan fingerprint density at radius 2 is 1.68 bits per heavy atom. The highest BCUT2D eigenvalue weighted by atomic mass is 35.5. The van der Waals surface area contributed by atoms with E-state index in [0.717, 1.165) is 15.4 Å². The van der Waals surface area contributed by atoms with Gasteiger partial charge in [0, 0.05) is 11.6 Å². The lowest BCUT2D eigenvalue weighted by molar-refractivity contribution is -0.146. The molecule has 10 heteroatoms. The van der Waals surface area contributed by atoms with Crippen molar-refractivity contribution in [1.82, 2.24) is 9.62 Å². The number of esters is 1. The summed E-state index contributed by atoms with van der Waals surface area (Å²) in [5.41, 5.74) is 2.76. The van der Waals surface area contributed by atoms with Gasteiger partial charge in [-0.2, -0.15) is 9.57 Å². The number of methoxy groups -OCH3 is 1. The van der Waals surface area contributed by atoms with Gasteiger partial charge in [-0.05, 0) is 60.9 Å². The minimum atomic E-state index is -4.28. The largest absolute Gasteiger partial charge is 0.469 e. The molecule has 1 amide bonds. The molecule has 0 bridgehead atoms. The van der Waals surface area contributed by atoms with Crippen molar-refractivity contribution in [2.45, 2.75) is 36.9 Å². The van der Waals surface area contributed by atoms with Gasteiger partial charge >= 0.3 is 5.97 Å². The van der Waals surface area contributed by atoms with E-state index in [1.165, 1.54) is 31.4 Å². The molecule has 0 radical (unpaired) electrons. The minimum Gasteiger partial charge on any atom is -0.469 e. The van der Waals surface area contributed by atoms with E-state index in [2.05, 4.69) is 5.32 Å². The second-order valence-electron chi connectivity index (χ2n) is 9.05. The molecule has 1 saturated heterocycles. The molecule has 3 aromatic carbocycles. The second-order valence-corrected chi connectivity index (χ2v) is 11.3. The number of halogens is 1. The highest BCUT2D eigenvalue weighted by molar-refractivity contribution is 7.89. The van der Waals surface area contributed by atoms with Gasteiger partial charge in [0.05, 0.1) is 35.6 Å². The monoisotopic (exact) mass is 551 g/mol. The number of amides is 1.